The summed E-state index contributed by atoms with van der Waals surface area (Å²) in [5.74, 6) is -0.0864. The van der Waals surface area contributed by atoms with Crippen LogP contribution in [0.5, 0.6) is 0 Å². The number of anilines is 1. The van der Waals surface area contributed by atoms with Crippen LogP contribution in [-0.2, 0) is 17.9 Å². The smallest absolute Gasteiger partial charge is 0.241 e. The first-order chi connectivity index (χ1) is 8.74. The van der Waals surface area contributed by atoms with Gasteiger partial charge < -0.3 is 11.1 Å². The topological polar surface area (TPSA) is 104 Å². The molecule has 0 aromatic carbocycles. The lowest BCUT2D eigenvalue weighted by atomic mass is 10.4. The maximum absolute atomic E-state index is 11.5. The van der Waals surface area contributed by atoms with Crippen molar-refractivity contribution in [2.45, 2.75) is 19.5 Å². The highest BCUT2D eigenvalue weighted by Gasteiger charge is 2.03. The molecule has 0 spiro atoms. The van der Waals surface area contributed by atoms with Gasteiger partial charge in [0, 0.05) is 25.5 Å². The van der Waals surface area contributed by atoms with Gasteiger partial charge in [0.15, 0.2) is 0 Å². The van der Waals surface area contributed by atoms with E-state index in [1.807, 2.05) is 0 Å². The highest BCUT2D eigenvalue weighted by molar-refractivity contribution is 5.75. The monoisotopic (exact) mass is 249 g/mol. The Balaban J connectivity index is 1.63. The van der Waals surface area contributed by atoms with Crippen molar-refractivity contribution in [2.75, 3.05) is 12.3 Å². The number of aryl methyl sites for hydroxylation is 1. The minimum Gasteiger partial charge on any atom is -0.396 e. The van der Waals surface area contributed by atoms with Crippen molar-refractivity contribution in [1.29, 1.82) is 0 Å². The predicted octanol–water partition coefficient (Wildman–Crippen LogP) is -0.737. The first-order valence-corrected chi connectivity index (χ1v) is 5.63. The van der Waals surface area contributed by atoms with Gasteiger partial charge in [-0.05, 0) is 6.42 Å². The average Bonchev–Trinajstić information content (AvgIpc) is 2.96. The number of rotatable bonds is 6. The van der Waals surface area contributed by atoms with Gasteiger partial charge in [0.2, 0.25) is 5.91 Å². The molecule has 0 bridgehead atoms. The van der Waals surface area contributed by atoms with Crippen LogP contribution in [0, 0.1) is 0 Å². The zero-order chi connectivity index (χ0) is 12.8. The summed E-state index contributed by atoms with van der Waals surface area (Å²) in [4.78, 5) is 11.5. The summed E-state index contributed by atoms with van der Waals surface area (Å²) < 4.78 is 3.22. The number of nitrogens with zero attached hydrogens (tertiary/aromatic N) is 5. The molecule has 0 saturated carbocycles. The summed E-state index contributed by atoms with van der Waals surface area (Å²) in [6.07, 6.45) is 7.35. The lowest BCUT2D eigenvalue weighted by Gasteiger charge is -2.05. The van der Waals surface area contributed by atoms with E-state index >= 15 is 0 Å². The number of nitrogens with two attached hydrogens (primary N) is 1. The first-order valence-electron chi connectivity index (χ1n) is 5.63. The van der Waals surface area contributed by atoms with Crippen LogP contribution in [0.15, 0.2) is 24.8 Å². The molecular formula is C10H15N7O. The molecule has 8 nitrogen and oxygen atoms in total. The molecule has 2 aromatic heterocycles. The maximum Gasteiger partial charge on any atom is 0.241 e. The number of carbonyl (C=O) groups excluding carboxylic acids is 1. The van der Waals surface area contributed by atoms with Crippen molar-refractivity contribution in [2.24, 2.45) is 0 Å². The summed E-state index contributed by atoms with van der Waals surface area (Å²) in [5, 5.41) is 14.3. The summed E-state index contributed by atoms with van der Waals surface area (Å²) in [6.45, 7) is 1.50. The lowest BCUT2D eigenvalue weighted by molar-refractivity contribution is -0.121. The van der Waals surface area contributed by atoms with Gasteiger partial charge in [-0.25, -0.2) is 0 Å². The molecular weight excluding hydrogens is 234 g/mol. The van der Waals surface area contributed by atoms with E-state index in [0.29, 0.717) is 12.2 Å². The fourth-order valence-corrected chi connectivity index (χ4v) is 1.49. The Morgan fingerprint density at radius 1 is 1.44 bits per heavy atom. The van der Waals surface area contributed by atoms with Crippen molar-refractivity contribution in [1.82, 2.24) is 30.1 Å². The predicted molar refractivity (Wildman–Crippen MR) is 64.3 cm³/mol. The molecule has 0 unspecified atom stereocenters. The number of hydrogen-bond donors (Lipinski definition) is 2. The summed E-state index contributed by atoms with van der Waals surface area (Å²) >= 11 is 0. The molecule has 2 rings (SSSR count). The van der Waals surface area contributed by atoms with Crippen LogP contribution < -0.4 is 11.1 Å². The molecule has 1 amide bonds. The molecule has 3 N–H and O–H groups in total. The van der Waals surface area contributed by atoms with Crippen LogP contribution >= 0.6 is 0 Å². The summed E-state index contributed by atoms with van der Waals surface area (Å²) in [7, 11) is 0. The van der Waals surface area contributed by atoms with Crippen LogP contribution in [0.25, 0.3) is 0 Å². The SMILES string of the molecule is Nc1cnn(CC(=O)NCCCn2ccnn2)c1. The van der Waals surface area contributed by atoms with Gasteiger partial charge in [-0.15, -0.1) is 5.10 Å². The van der Waals surface area contributed by atoms with E-state index in [2.05, 4.69) is 20.7 Å². The van der Waals surface area contributed by atoms with Gasteiger partial charge in [0.25, 0.3) is 0 Å². The number of nitrogen functional groups attached to an aromatic ring is 1. The van der Waals surface area contributed by atoms with E-state index < -0.39 is 0 Å². The van der Waals surface area contributed by atoms with E-state index in [1.165, 1.54) is 10.9 Å². The van der Waals surface area contributed by atoms with E-state index in [0.717, 1.165) is 13.0 Å². The van der Waals surface area contributed by atoms with Crippen molar-refractivity contribution in [3.05, 3.63) is 24.8 Å². The van der Waals surface area contributed by atoms with Gasteiger partial charge in [-0.2, -0.15) is 5.10 Å². The minimum atomic E-state index is -0.0864. The second-order valence-corrected chi connectivity index (χ2v) is 3.84. The summed E-state index contributed by atoms with van der Waals surface area (Å²) in [5.41, 5.74) is 6.05. The molecule has 0 aliphatic heterocycles. The molecule has 2 heterocycles. The molecule has 0 atom stereocenters. The van der Waals surface area contributed by atoms with Crippen molar-refractivity contribution >= 4 is 11.6 Å². The number of hydrogen-bond acceptors (Lipinski definition) is 5. The molecule has 2 aromatic rings. The Kier molecular flexibility index (Phi) is 3.90. The van der Waals surface area contributed by atoms with Gasteiger partial charge in [-0.3, -0.25) is 14.2 Å². The maximum atomic E-state index is 11.5. The molecule has 8 heteroatoms. The van der Waals surface area contributed by atoms with Crippen LogP contribution in [0.2, 0.25) is 0 Å². The molecule has 0 aliphatic carbocycles. The van der Waals surface area contributed by atoms with E-state index in [-0.39, 0.29) is 12.5 Å². The van der Waals surface area contributed by atoms with Gasteiger partial charge >= 0.3 is 0 Å². The highest BCUT2D eigenvalue weighted by Crippen LogP contribution is 1.96. The lowest BCUT2D eigenvalue weighted by Crippen LogP contribution is -2.29. The number of nitrogens with one attached hydrogen (secondary N) is 1. The van der Waals surface area contributed by atoms with Gasteiger partial charge in [-0.1, -0.05) is 5.21 Å². The minimum absolute atomic E-state index is 0.0864. The molecule has 0 aliphatic rings. The Morgan fingerprint density at radius 3 is 3.00 bits per heavy atom. The van der Waals surface area contributed by atoms with Gasteiger partial charge in [0.05, 0.1) is 18.1 Å². The second-order valence-electron chi connectivity index (χ2n) is 3.84. The molecule has 0 saturated heterocycles. The first kappa shape index (κ1) is 12.1. The summed E-state index contributed by atoms with van der Waals surface area (Å²) in [6, 6.07) is 0. The number of aromatic nitrogens is 5. The molecule has 18 heavy (non-hydrogen) atoms. The van der Waals surface area contributed by atoms with Crippen molar-refractivity contribution in [3.63, 3.8) is 0 Å². The van der Waals surface area contributed by atoms with Crippen LogP contribution in [0.1, 0.15) is 6.42 Å². The van der Waals surface area contributed by atoms with Crippen molar-refractivity contribution in [3.8, 4) is 0 Å². The van der Waals surface area contributed by atoms with E-state index in [4.69, 9.17) is 5.73 Å². The normalized spacial score (nSPS) is 10.4. The zero-order valence-electron chi connectivity index (χ0n) is 9.86. The van der Waals surface area contributed by atoms with E-state index in [1.54, 1.807) is 23.3 Å². The van der Waals surface area contributed by atoms with Crippen LogP contribution in [0.3, 0.4) is 0 Å². The second kappa shape index (κ2) is 5.80. The molecule has 0 radical (unpaired) electrons. The zero-order valence-corrected chi connectivity index (χ0v) is 9.86. The third kappa shape index (κ3) is 3.58. The largest absolute Gasteiger partial charge is 0.396 e. The fourth-order valence-electron chi connectivity index (χ4n) is 1.49. The Labute approximate surface area is 104 Å². The quantitative estimate of drug-likeness (QED) is 0.656. The Bertz CT molecular complexity index is 490. The van der Waals surface area contributed by atoms with E-state index in [9.17, 15) is 4.79 Å². The van der Waals surface area contributed by atoms with Crippen LogP contribution in [0.4, 0.5) is 5.69 Å². The molecule has 0 fully saturated rings. The average molecular weight is 249 g/mol. The Morgan fingerprint density at radius 2 is 2.33 bits per heavy atom. The Hall–Kier alpha value is -2.38. The van der Waals surface area contributed by atoms with Crippen molar-refractivity contribution < 1.29 is 4.79 Å². The molecule has 96 valence electrons. The van der Waals surface area contributed by atoms with Gasteiger partial charge in [0.1, 0.15) is 6.54 Å². The third-order valence-electron chi connectivity index (χ3n) is 2.32. The number of amides is 1. The van der Waals surface area contributed by atoms with Crippen LogP contribution in [-0.4, -0.2) is 37.2 Å². The number of carbonyl (C=O) groups is 1. The standard InChI is InChI=1S/C10H15N7O/c11-9-6-14-17(7-9)8-10(18)12-2-1-4-16-5-3-13-15-16/h3,5-7H,1-2,4,8,11H2,(H,12,18). The third-order valence-corrected chi connectivity index (χ3v) is 2.32. The highest BCUT2D eigenvalue weighted by atomic mass is 16.2. The fraction of sp³-hybridized carbons (Fsp3) is 0.400.